The molecule has 9 nitrogen and oxygen atoms in total. The van der Waals surface area contributed by atoms with E-state index in [9.17, 15) is 13.2 Å². The second-order valence-electron chi connectivity index (χ2n) is 8.05. The summed E-state index contributed by atoms with van der Waals surface area (Å²) in [5.74, 6) is 0.224. The number of hydrogen-bond donors (Lipinski definition) is 2. The van der Waals surface area contributed by atoms with E-state index < -0.39 is 16.2 Å². The van der Waals surface area contributed by atoms with Crippen LogP contribution in [-0.4, -0.2) is 55.3 Å². The first kappa shape index (κ1) is 22.6. The van der Waals surface area contributed by atoms with Gasteiger partial charge in [0, 0.05) is 29.0 Å². The molecule has 1 aliphatic heterocycles. The number of piperidine rings is 1. The normalized spacial score (nSPS) is 16.1. The molecule has 2 aromatic heterocycles. The number of urea groups is 1. The topological polar surface area (TPSA) is 99.6 Å². The molecule has 0 saturated carbocycles. The van der Waals surface area contributed by atoms with Gasteiger partial charge in [0.1, 0.15) is 0 Å². The quantitative estimate of drug-likeness (QED) is 0.699. The fraction of sp³-hybridized carbons (Fsp3) is 0.579. The fourth-order valence-corrected chi connectivity index (χ4v) is 6.01. The van der Waals surface area contributed by atoms with Crippen LogP contribution in [0.1, 0.15) is 42.4 Å². The molecule has 0 aliphatic carbocycles. The highest BCUT2D eigenvalue weighted by molar-refractivity contribution is 7.91. The van der Waals surface area contributed by atoms with Crippen LogP contribution >= 0.6 is 11.3 Å². The van der Waals surface area contributed by atoms with E-state index in [0.717, 1.165) is 22.8 Å². The fourth-order valence-electron chi connectivity index (χ4n) is 3.67. The van der Waals surface area contributed by atoms with E-state index in [4.69, 9.17) is 0 Å². The van der Waals surface area contributed by atoms with Crippen LogP contribution in [0.4, 0.5) is 16.2 Å². The Hall–Kier alpha value is -2.11. The number of anilines is 2. The smallest absolute Gasteiger partial charge is 0.306 e. The standard InChI is InChI=1S/C19H30N6O3S2/c1-13(2)18-17(10-14(3)29-18)21-19(26)22-30(27,28)25(16-11-20-24(5)12-16)15-6-8-23(4)9-7-15/h10-13,15H,6-9H2,1-5H3,(H2,21,22,26). The summed E-state index contributed by atoms with van der Waals surface area (Å²) in [4.78, 5) is 16.9. The van der Waals surface area contributed by atoms with Gasteiger partial charge in [0.2, 0.25) is 0 Å². The SMILES string of the molecule is Cc1cc(NC(=O)NS(=O)(=O)N(c2cnn(C)c2)C2CCN(C)CC2)c(C(C)C)s1. The van der Waals surface area contributed by atoms with Crippen LogP contribution in [-0.2, 0) is 17.3 Å². The van der Waals surface area contributed by atoms with E-state index in [-0.39, 0.29) is 12.0 Å². The van der Waals surface area contributed by atoms with Crippen molar-refractivity contribution >= 4 is 39.0 Å². The minimum absolute atomic E-state index is 0.224. The van der Waals surface area contributed by atoms with E-state index in [2.05, 4.69) is 20.0 Å². The monoisotopic (exact) mass is 454 g/mol. The molecule has 11 heteroatoms. The van der Waals surface area contributed by atoms with Gasteiger partial charge >= 0.3 is 16.2 Å². The molecule has 30 heavy (non-hydrogen) atoms. The van der Waals surface area contributed by atoms with Crippen molar-refractivity contribution in [1.82, 2.24) is 19.4 Å². The Morgan fingerprint density at radius 3 is 2.53 bits per heavy atom. The lowest BCUT2D eigenvalue weighted by Gasteiger charge is -2.36. The summed E-state index contributed by atoms with van der Waals surface area (Å²) in [6.45, 7) is 7.61. The van der Waals surface area contributed by atoms with Gasteiger partial charge in [-0.15, -0.1) is 11.3 Å². The van der Waals surface area contributed by atoms with Crippen LogP contribution in [0.15, 0.2) is 18.5 Å². The predicted octanol–water partition coefficient (Wildman–Crippen LogP) is 2.88. The average molecular weight is 455 g/mol. The first-order valence-electron chi connectivity index (χ1n) is 9.97. The number of thiophene rings is 1. The van der Waals surface area contributed by atoms with Crippen LogP contribution < -0.4 is 14.3 Å². The highest BCUT2D eigenvalue weighted by Gasteiger charge is 2.34. The molecular weight excluding hydrogens is 424 g/mol. The third kappa shape index (κ3) is 5.13. The van der Waals surface area contributed by atoms with Gasteiger partial charge in [0.15, 0.2) is 0 Å². The van der Waals surface area contributed by atoms with E-state index in [1.165, 1.54) is 10.5 Å². The summed E-state index contributed by atoms with van der Waals surface area (Å²) in [6, 6.07) is 0.851. The van der Waals surface area contributed by atoms with Gasteiger partial charge in [0.25, 0.3) is 0 Å². The zero-order valence-corrected chi connectivity index (χ0v) is 19.7. The Labute approximate surface area is 182 Å². The Kier molecular flexibility index (Phi) is 6.73. The van der Waals surface area contributed by atoms with Crippen molar-refractivity contribution in [2.75, 3.05) is 29.8 Å². The molecule has 0 radical (unpaired) electrons. The molecule has 1 aliphatic rings. The second-order valence-corrected chi connectivity index (χ2v) is 10.9. The molecule has 1 saturated heterocycles. The minimum Gasteiger partial charge on any atom is -0.306 e. The lowest BCUT2D eigenvalue weighted by molar-refractivity contribution is 0.254. The molecule has 0 bridgehead atoms. The molecule has 1 fully saturated rings. The van der Waals surface area contributed by atoms with Gasteiger partial charge in [-0.05, 0) is 51.9 Å². The maximum absolute atomic E-state index is 13.3. The number of rotatable bonds is 6. The molecule has 0 spiro atoms. The highest BCUT2D eigenvalue weighted by Crippen LogP contribution is 2.33. The summed E-state index contributed by atoms with van der Waals surface area (Å²) in [5, 5.41) is 6.83. The van der Waals surface area contributed by atoms with Crippen LogP contribution in [0.2, 0.25) is 0 Å². The van der Waals surface area contributed by atoms with Crippen LogP contribution in [0.5, 0.6) is 0 Å². The number of likely N-dealkylation sites (tertiary alicyclic amines) is 1. The first-order valence-corrected chi connectivity index (χ1v) is 12.2. The van der Waals surface area contributed by atoms with Gasteiger partial charge in [-0.1, -0.05) is 13.8 Å². The minimum atomic E-state index is -4.12. The number of aromatic nitrogens is 2. The predicted molar refractivity (Wildman–Crippen MR) is 120 cm³/mol. The Morgan fingerprint density at radius 2 is 1.97 bits per heavy atom. The molecule has 3 heterocycles. The first-order chi connectivity index (χ1) is 14.1. The van der Waals surface area contributed by atoms with Gasteiger partial charge < -0.3 is 10.2 Å². The van der Waals surface area contributed by atoms with Gasteiger partial charge in [-0.25, -0.2) is 13.8 Å². The average Bonchev–Trinajstić information content (AvgIpc) is 3.21. The summed E-state index contributed by atoms with van der Waals surface area (Å²) in [7, 11) is -0.377. The molecule has 2 N–H and O–H groups in total. The molecule has 2 aromatic rings. The summed E-state index contributed by atoms with van der Waals surface area (Å²) < 4.78 is 31.6. The van der Waals surface area contributed by atoms with Crippen molar-refractivity contribution in [2.45, 2.75) is 45.6 Å². The summed E-state index contributed by atoms with van der Waals surface area (Å²) >= 11 is 1.59. The Balaban J connectivity index is 1.82. The number of amides is 2. The molecule has 166 valence electrons. The highest BCUT2D eigenvalue weighted by atomic mass is 32.2. The van der Waals surface area contributed by atoms with E-state index >= 15 is 0 Å². The number of nitrogens with one attached hydrogen (secondary N) is 2. The maximum Gasteiger partial charge on any atom is 0.334 e. The maximum atomic E-state index is 13.3. The van der Waals surface area contributed by atoms with Crippen LogP contribution in [0.25, 0.3) is 0 Å². The van der Waals surface area contributed by atoms with Crippen molar-refractivity contribution in [1.29, 1.82) is 0 Å². The number of carbonyl (C=O) groups excluding carboxylic acids is 1. The van der Waals surface area contributed by atoms with E-state index in [1.807, 2.05) is 33.9 Å². The summed E-state index contributed by atoms with van der Waals surface area (Å²) in [5.41, 5.74) is 1.09. The van der Waals surface area contributed by atoms with Crippen molar-refractivity contribution < 1.29 is 13.2 Å². The molecular formula is C19H30N6O3S2. The lowest BCUT2D eigenvalue weighted by atomic mass is 10.1. The molecule has 0 unspecified atom stereocenters. The van der Waals surface area contributed by atoms with Crippen molar-refractivity contribution in [2.24, 2.45) is 7.05 Å². The van der Waals surface area contributed by atoms with E-state index in [0.29, 0.717) is 24.2 Å². The Morgan fingerprint density at radius 1 is 1.30 bits per heavy atom. The van der Waals surface area contributed by atoms with Crippen molar-refractivity contribution in [3.8, 4) is 0 Å². The zero-order chi connectivity index (χ0) is 22.1. The molecule has 2 amide bonds. The molecule has 3 rings (SSSR count). The number of hydrogen-bond acceptors (Lipinski definition) is 6. The number of nitrogens with zero attached hydrogens (tertiary/aromatic N) is 4. The van der Waals surface area contributed by atoms with Crippen molar-refractivity contribution in [3.63, 3.8) is 0 Å². The van der Waals surface area contributed by atoms with Gasteiger partial charge in [-0.2, -0.15) is 13.5 Å². The van der Waals surface area contributed by atoms with Crippen LogP contribution in [0, 0.1) is 6.92 Å². The lowest BCUT2D eigenvalue weighted by Crippen LogP contribution is -2.52. The third-order valence-electron chi connectivity index (χ3n) is 5.10. The number of aryl methyl sites for hydroxylation is 2. The second kappa shape index (κ2) is 8.94. The third-order valence-corrected chi connectivity index (χ3v) is 7.92. The number of carbonyl (C=O) groups is 1. The molecule has 0 aromatic carbocycles. The Bertz CT molecular complexity index is 990. The van der Waals surface area contributed by atoms with Gasteiger partial charge in [-0.3, -0.25) is 4.68 Å². The zero-order valence-electron chi connectivity index (χ0n) is 18.0. The molecule has 0 atom stereocenters. The summed E-state index contributed by atoms with van der Waals surface area (Å²) in [6.07, 6.45) is 4.51. The largest absolute Gasteiger partial charge is 0.334 e. The van der Waals surface area contributed by atoms with E-state index in [1.54, 1.807) is 29.3 Å². The van der Waals surface area contributed by atoms with Crippen LogP contribution in [0.3, 0.4) is 0 Å². The van der Waals surface area contributed by atoms with Gasteiger partial charge in [0.05, 0.1) is 17.6 Å². The van der Waals surface area contributed by atoms with Crippen molar-refractivity contribution in [3.05, 3.63) is 28.2 Å².